The molecular weight excluding hydrogens is 176 g/mol. The van der Waals surface area contributed by atoms with Crippen LogP contribution in [0.1, 0.15) is 6.92 Å². The van der Waals surface area contributed by atoms with Crippen LogP contribution in [0, 0.1) is 11.5 Å². The van der Waals surface area contributed by atoms with Gasteiger partial charge in [0, 0.05) is 6.08 Å². The number of rotatable bonds is 2. The van der Waals surface area contributed by atoms with Gasteiger partial charge in [-0.05, 0) is 19.1 Å². The number of anilines is 1. The summed E-state index contributed by atoms with van der Waals surface area (Å²) in [6.07, 6.45) is 4.80. The molecule has 0 spiro atoms. The highest BCUT2D eigenvalue weighted by atomic mass is 16.2. The largest absolute Gasteiger partial charge is 0.268 e. The van der Waals surface area contributed by atoms with Crippen molar-refractivity contribution >= 4 is 11.6 Å². The van der Waals surface area contributed by atoms with Crippen molar-refractivity contribution in [2.24, 2.45) is 0 Å². The van der Waals surface area contributed by atoms with Crippen molar-refractivity contribution in [3.63, 3.8) is 0 Å². The van der Waals surface area contributed by atoms with Crippen LogP contribution >= 0.6 is 0 Å². The minimum Gasteiger partial charge on any atom is -0.268 e. The SMILES string of the molecule is C/C=C/C(=O)N(C#N)c1ccccc1. The van der Waals surface area contributed by atoms with Crippen LogP contribution in [0.3, 0.4) is 0 Å². The summed E-state index contributed by atoms with van der Waals surface area (Å²) in [7, 11) is 0. The molecule has 0 aliphatic heterocycles. The van der Waals surface area contributed by atoms with Crippen LogP contribution in [0.2, 0.25) is 0 Å². The van der Waals surface area contributed by atoms with Gasteiger partial charge in [-0.15, -0.1) is 0 Å². The van der Waals surface area contributed by atoms with Crippen molar-refractivity contribution in [3.8, 4) is 6.19 Å². The van der Waals surface area contributed by atoms with E-state index in [2.05, 4.69) is 0 Å². The molecule has 14 heavy (non-hydrogen) atoms. The summed E-state index contributed by atoms with van der Waals surface area (Å²) in [4.78, 5) is 12.4. The van der Waals surface area contributed by atoms with Gasteiger partial charge in [0.2, 0.25) is 0 Å². The topological polar surface area (TPSA) is 44.1 Å². The van der Waals surface area contributed by atoms with E-state index in [0.717, 1.165) is 4.90 Å². The molecule has 0 fully saturated rings. The summed E-state index contributed by atoms with van der Waals surface area (Å²) in [6.45, 7) is 1.73. The number of allylic oxidation sites excluding steroid dienone is 1. The van der Waals surface area contributed by atoms with Crippen LogP contribution in [0.15, 0.2) is 42.5 Å². The van der Waals surface area contributed by atoms with E-state index in [9.17, 15) is 4.79 Å². The second-order valence-electron chi connectivity index (χ2n) is 2.61. The van der Waals surface area contributed by atoms with Crippen molar-refractivity contribution < 1.29 is 4.79 Å². The molecule has 0 saturated heterocycles. The third kappa shape index (κ3) is 2.20. The van der Waals surface area contributed by atoms with E-state index in [1.807, 2.05) is 12.3 Å². The fourth-order valence-corrected chi connectivity index (χ4v) is 1.03. The summed E-state index contributed by atoms with van der Waals surface area (Å²) < 4.78 is 0. The molecule has 0 aliphatic rings. The zero-order valence-electron chi connectivity index (χ0n) is 7.84. The van der Waals surface area contributed by atoms with E-state index < -0.39 is 0 Å². The first-order valence-corrected chi connectivity index (χ1v) is 4.21. The van der Waals surface area contributed by atoms with E-state index >= 15 is 0 Å². The molecule has 0 bridgehead atoms. The van der Waals surface area contributed by atoms with Gasteiger partial charge in [-0.3, -0.25) is 4.79 Å². The summed E-state index contributed by atoms with van der Waals surface area (Å²) in [5.74, 6) is -0.332. The Morgan fingerprint density at radius 3 is 2.57 bits per heavy atom. The minimum atomic E-state index is -0.332. The van der Waals surface area contributed by atoms with Crippen molar-refractivity contribution in [3.05, 3.63) is 42.5 Å². The van der Waals surface area contributed by atoms with Crippen LogP contribution in [-0.2, 0) is 4.79 Å². The fourth-order valence-electron chi connectivity index (χ4n) is 1.03. The van der Waals surface area contributed by atoms with Gasteiger partial charge in [0.1, 0.15) is 0 Å². The third-order valence-corrected chi connectivity index (χ3v) is 1.64. The Morgan fingerprint density at radius 2 is 2.07 bits per heavy atom. The number of hydrogen-bond acceptors (Lipinski definition) is 2. The standard InChI is InChI=1S/C11H10N2O/c1-2-6-11(14)13(9-12)10-7-4-3-5-8-10/h2-8H,1H3/b6-2+. The zero-order chi connectivity index (χ0) is 10.4. The number of benzene rings is 1. The molecule has 0 heterocycles. The van der Waals surface area contributed by atoms with Crippen molar-refractivity contribution in [1.82, 2.24) is 0 Å². The highest BCUT2D eigenvalue weighted by molar-refractivity contribution is 6.03. The normalized spacial score (nSPS) is 9.71. The molecule has 1 rings (SSSR count). The average Bonchev–Trinajstić information content (AvgIpc) is 2.21. The van der Waals surface area contributed by atoms with Crippen LogP contribution in [0.25, 0.3) is 0 Å². The van der Waals surface area contributed by atoms with E-state index in [1.54, 1.807) is 37.3 Å². The molecule has 1 aromatic carbocycles. The Morgan fingerprint density at radius 1 is 1.43 bits per heavy atom. The number of carbonyl (C=O) groups excluding carboxylic acids is 1. The Hall–Kier alpha value is -2.08. The lowest BCUT2D eigenvalue weighted by Crippen LogP contribution is -2.23. The number of hydrogen-bond donors (Lipinski definition) is 0. The Balaban J connectivity index is 2.95. The highest BCUT2D eigenvalue weighted by Crippen LogP contribution is 2.12. The maximum absolute atomic E-state index is 11.4. The number of carbonyl (C=O) groups is 1. The van der Waals surface area contributed by atoms with Gasteiger partial charge in [-0.1, -0.05) is 24.3 Å². The molecule has 70 valence electrons. The molecule has 1 aromatic rings. The zero-order valence-corrected chi connectivity index (χ0v) is 7.84. The summed E-state index contributed by atoms with van der Waals surface area (Å²) in [6, 6.07) is 8.82. The lowest BCUT2D eigenvalue weighted by atomic mass is 10.3. The van der Waals surface area contributed by atoms with E-state index in [1.165, 1.54) is 6.08 Å². The quantitative estimate of drug-likeness (QED) is 0.403. The van der Waals surface area contributed by atoms with Crippen LogP contribution in [0.4, 0.5) is 5.69 Å². The number of nitriles is 1. The average molecular weight is 186 g/mol. The van der Waals surface area contributed by atoms with Gasteiger partial charge in [-0.25, -0.2) is 4.90 Å². The molecular formula is C11H10N2O. The van der Waals surface area contributed by atoms with Gasteiger partial charge >= 0.3 is 0 Å². The molecule has 0 aromatic heterocycles. The summed E-state index contributed by atoms with van der Waals surface area (Å²) in [5, 5.41) is 8.80. The number of para-hydroxylation sites is 1. The van der Waals surface area contributed by atoms with Crippen molar-refractivity contribution in [2.45, 2.75) is 6.92 Å². The first-order chi connectivity index (χ1) is 6.79. The Labute approximate surface area is 82.9 Å². The Bertz CT molecular complexity index is 376. The number of amides is 1. The molecule has 0 radical (unpaired) electrons. The van der Waals surface area contributed by atoms with Gasteiger partial charge in [0.15, 0.2) is 6.19 Å². The maximum Gasteiger partial charge on any atom is 0.263 e. The molecule has 0 atom stereocenters. The molecule has 0 aliphatic carbocycles. The van der Waals surface area contributed by atoms with Gasteiger partial charge in [0.05, 0.1) is 5.69 Å². The molecule has 1 amide bonds. The predicted octanol–water partition coefficient (Wildman–Crippen LogP) is 2.08. The minimum absolute atomic E-state index is 0.332. The van der Waals surface area contributed by atoms with Gasteiger partial charge in [0.25, 0.3) is 5.91 Å². The van der Waals surface area contributed by atoms with Gasteiger partial charge in [-0.2, -0.15) is 5.26 Å². The monoisotopic (exact) mass is 186 g/mol. The van der Waals surface area contributed by atoms with Crippen LogP contribution in [-0.4, -0.2) is 5.91 Å². The van der Waals surface area contributed by atoms with E-state index in [0.29, 0.717) is 5.69 Å². The van der Waals surface area contributed by atoms with Crippen LogP contribution < -0.4 is 4.90 Å². The number of nitrogens with zero attached hydrogens (tertiary/aromatic N) is 2. The van der Waals surface area contributed by atoms with E-state index in [-0.39, 0.29) is 5.91 Å². The summed E-state index contributed by atoms with van der Waals surface area (Å²) >= 11 is 0. The van der Waals surface area contributed by atoms with Gasteiger partial charge < -0.3 is 0 Å². The maximum atomic E-state index is 11.4. The van der Waals surface area contributed by atoms with Crippen molar-refractivity contribution in [2.75, 3.05) is 4.90 Å². The first kappa shape index (κ1) is 10.0. The molecule has 0 saturated carbocycles. The second-order valence-corrected chi connectivity index (χ2v) is 2.61. The fraction of sp³-hybridized carbons (Fsp3) is 0.0909. The molecule has 0 N–H and O–H groups in total. The third-order valence-electron chi connectivity index (χ3n) is 1.64. The molecule has 3 nitrogen and oxygen atoms in total. The lowest BCUT2D eigenvalue weighted by molar-refractivity contribution is -0.113. The summed E-state index contributed by atoms with van der Waals surface area (Å²) in [5.41, 5.74) is 0.582. The highest BCUT2D eigenvalue weighted by Gasteiger charge is 2.10. The molecule has 0 unspecified atom stereocenters. The smallest absolute Gasteiger partial charge is 0.263 e. The van der Waals surface area contributed by atoms with Crippen LogP contribution in [0.5, 0.6) is 0 Å². The Kier molecular flexibility index (Phi) is 3.45. The second kappa shape index (κ2) is 4.83. The molecule has 3 heteroatoms. The predicted molar refractivity (Wildman–Crippen MR) is 54.4 cm³/mol. The first-order valence-electron chi connectivity index (χ1n) is 4.21. The van der Waals surface area contributed by atoms with Crippen molar-refractivity contribution in [1.29, 1.82) is 5.26 Å². The van der Waals surface area contributed by atoms with E-state index in [4.69, 9.17) is 5.26 Å². The lowest BCUT2D eigenvalue weighted by Gasteiger charge is -2.10.